The van der Waals surface area contributed by atoms with Gasteiger partial charge in [-0.05, 0) is 47.3 Å². The molecule has 0 saturated carbocycles. The summed E-state index contributed by atoms with van der Waals surface area (Å²) in [6, 6.07) is 10.4. The van der Waals surface area contributed by atoms with Gasteiger partial charge >= 0.3 is 12.1 Å². The van der Waals surface area contributed by atoms with Crippen molar-refractivity contribution in [2.75, 3.05) is 6.61 Å². The number of carboxylic acids is 1. The summed E-state index contributed by atoms with van der Waals surface area (Å²) < 4.78 is 12.5. The Labute approximate surface area is 215 Å². The maximum atomic E-state index is 12.4. The maximum absolute atomic E-state index is 12.4. The van der Waals surface area contributed by atoms with Gasteiger partial charge in [-0.25, -0.2) is 14.6 Å². The summed E-state index contributed by atoms with van der Waals surface area (Å²) >= 11 is 3.76. The first-order valence-electron chi connectivity index (χ1n) is 11.6. The van der Waals surface area contributed by atoms with Crippen LogP contribution in [0.4, 0.5) is 4.79 Å². The fourth-order valence-corrected chi connectivity index (χ4v) is 5.70. The van der Waals surface area contributed by atoms with Crippen LogP contribution in [-0.2, 0) is 15.2 Å². The van der Waals surface area contributed by atoms with Crippen LogP contribution < -0.4 is 10.7 Å². The number of alkyl carbamates (subject to hydrolysis) is 1. The number of halogens is 1. The molecule has 0 radical (unpaired) electrons. The molecule has 2 unspecified atom stereocenters. The standard InChI is InChI=1S/C25H26BrN5O5/c1-12(2)21(23(32)33)27-24(34)35-11-14(4)31-25(28-29-30-31)16-8-6-5-7-15(16)22-20(26)18-17(36-22)10-9-13(3)19(18)25/h5-10,12,14,21H,11H2,1-4H3,(H,27,34)(H,28,30)(H,32,33)/t14?,21-,25?/m0/s1. The SMILES string of the molecule is Cc1ccc2oc3c(Br)c2c1C1(NN=NN1C(C)COC(=O)N[C@H](C(=O)O)C(C)C)c1ccccc1-3. The van der Waals surface area contributed by atoms with Gasteiger partial charge in [0, 0.05) is 22.1 Å². The number of carbonyl (C=O) groups excluding carboxylic acids is 1. The summed E-state index contributed by atoms with van der Waals surface area (Å²) in [5.74, 6) is -0.693. The third kappa shape index (κ3) is 3.52. The van der Waals surface area contributed by atoms with Gasteiger partial charge in [0.1, 0.15) is 24.0 Å². The lowest BCUT2D eigenvalue weighted by Crippen LogP contribution is -2.54. The number of hydrogen-bond acceptors (Lipinski definition) is 8. The maximum Gasteiger partial charge on any atom is 0.407 e. The molecule has 3 N–H and O–H groups in total. The summed E-state index contributed by atoms with van der Waals surface area (Å²) in [6.45, 7) is 7.28. The highest BCUT2D eigenvalue weighted by molar-refractivity contribution is 9.10. The molecule has 0 fully saturated rings. The molecule has 2 bridgehead atoms. The fourth-order valence-electron chi connectivity index (χ4n) is 5.01. The quantitative estimate of drug-likeness (QED) is 0.386. The van der Waals surface area contributed by atoms with Gasteiger partial charge in [0.25, 0.3) is 0 Å². The number of rotatable bonds is 6. The molecule has 1 aromatic heterocycles. The third-order valence-electron chi connectivity index (χ3n) is 6.71. The molecule has 3 atom stereocenters. The van der Waals surface area contributed by atoms with Crippen molar-refractivity contribution in [2.24, 2.45) is 16.4 Å². The van der Waals surface area contributed by atoms with E-state index in [1.165, 1.54) is 0 Å². The number of hydrogen-bond donors (Lipinski definition) is 3. The summed E-state index contributed by atoms with van der Waals surface area (Å²) in [5, 5.41) is 23.1. The van der Waals surface area contributed by atoms with Crippen molar-refractivity contribution in [1.29, 1.82) is 0 Å². The van der Waals surface area contributed by atoms with Crippen LogP contribution in [0.3, 0.4) is 0 Å². The van der Waals surface area contributed by atoms with Gasteiger partial charge in [0.05, 0.1) is 10.5 Å². The van der Waals surface area contributed by atoms with Crippen LogP contribution >= 0.6 is 15.9 Å². The summed E-state index contributed by atoms with van der Waals surface area (Å²) in [5.41, 5.74) is 6.71. The molecule has 1 amide bonds. The number of fused-ring (bicyclic) bond motifs is 5. The second kappa shape index (κ2) is 8.81. The molecule has 188 valence electrons. The summed E-state index contributed by atoms with van der Waals surface area (Å²) in [7, 11) is 0. The van der Waals surface area contributed by atoms with Crippen LogP contribution in [0.15, 0.2) is 55.7 Å². The van der Waals surface area contributed by atoms with E-state index in [0.29, 0.717) is 0 Å². The van der Waals surface area contributed by atoms with Crippen molar-refractivity contribution < 1.29 is 23.8 Å². The number of nitrogens with one attached hydrogen (secondary N) is 2. The van der Waals surface area contributed by atoms with E-state index < -0.39 is 29.8 Å². The van der Waals surface area contributed by atoms with E-state index in [2.05, 4.69) is 37.1 Å². The molecule has 5 rings (SSSR count). The van der Waals surface area contributed by atoms with Gasteiger partial charge < -0.3 is 19.6 Å². The first-order chi connectivity index (χ1) is 17.2. The van der Waals surface area contributed by atoms with E-state index in [9.17, 15) is 14.7 Å². The molecule has 3 aromatic rings. The monoisotopic (exact) mass is 555 g/mol. The number of nitrogens with zero attached hydrogens (tertiary/aromatic N) is 3. The number of aryl methyl sites for hydroxylation is 1. The van der Waals surface area contributed by atoms with Crippen LogP contribution in [-0.4, -0.2) is 40.9 Å². The molecular formula is C25H26BrN5O5. The predicted molar refractivity (Wildman–Crippen MR) is 135 cm³/mol. The van der Waals surface area contributed by atoms with Gasteiger partial charge in [-0.1, -0.05) is 54.6 Å². The summed E-state index contributed by atoms with van der Waals surface area (Å²) in [6.07, 6.45) is -0.803. The average Bonchev–Trinajstić information content (AvgIpc) is 3.40. The third-order valence-corrected chi connectivity index (χ3v) is 7.46. The van der Waals surface area contributed by atoms with Crippen molar-refractivity contribution >= 4 is 39.0 Å². The summed E-state index contributed by atoms with van der Waals surface area (Å²) in [4.78, 5) is 23.9. The number of furan rings is 1. The second-order valence-corrected chi connectivity index (χ2v) is 10.2. The smallest absolute Gasteiger partial charge is 0.407 e. The molecule has 1 aliphatic carbocycles. The average molecular weight is 556 g/mol. The van der Waals surface area contributed by atoms with Crippen LogP contribution in [0.5, 0.6) is 0 Å². The van der Waals surface area contributed by atoms with Gasteiger partial charge in [0.15, 0.2) is 5.66 Å². The highest BCUT2D eigenvalue weighted by Crippen LogP contribution is 2.53. The Morgan fingerprint density at radius 2 is 2.00 bits per heavy atom. The van der Waals surface area contributed by atoms with Gasteiger partial charge in [-0.3, -0.25) is 5.43 Å². The zero-order valence-corrected chi connectivity index (χ0v) is 21.8. The lowest BCUT2D eigenvalue weighted by molar-refractivity contribution is -0.140. The molecule has 2 heterocycles. The van der Waals surface area contributed by atoms with E-state index in [0.717, 1.165) is 43.5 Å². The zero-order chi connectivity index (χ0) is 25.8. The largest absolute Gasteiger partial charge is 0.480 e. The first kappa shape index (κ1) is 24.1. The molecule has 2 aromatic carbocycles. The number of carbonyl (C=O) groups is 2. The highest BCUT2D eigenvalue weighted by Gasteiger charge is 2.52. The van der Waals surface area contributed by atoms with Crippen LogP contribution in [0.25, 0.3) is 22.3 Å². The van der Waals surface area contributed by atoms with Crippen LogP contribution in [0, 0.1) is 12.8 Å². The van der Waals surface area contributed by atoms with E-state index in [1.807, 2.05) is 50.2 Å². The molecule has 0 saturated heterocycles. The molecule has 10 nitrogen and oxygen atoms in total. The van der Waals surface area contributed by atoms with Crippen molar-refractivity contribution in [2.45, 2.75) is 45.4 Å². The Hall–Kier alpha value is -3.60. The molecule has 1 aliphatic heterocycles. The minimum Gasteiger partial charge on any atom is -0.480 e. The Morgan fingerprint density at radius 3 is 2.72 bits per heavy atom. The molecule has 1 spiro atoms. The van der Waals surface area contributed by atoms with Crippen molar-refractivity contribution in [3.8, 4) is 11.3 Å². The number of benzene rings is 2. The minimum absolute atomic E-state index is 0.0487. The van der Waals surface area contributed by atoms with E-state index in [1.54, 1.807) is 18.9 Å². The topological polar surface area (TPSA) is 129 Å². The highest BCUT2D eigenvalue weighted by atomic mass is 79.9. The Balaban J connectivity index is 1.53. The number of carboxylic acid groups (broad SMARTS) is 1. The Morgan fingerprint density at radius 1 is 1.25 bits per heavy atom. The Kier molecular flexibility index (Phi) is 5.90. The van der Waals surface area contributed by atoms with Crippen molar-refractivity contribution in [3.63, 3.8) is 0 Å². The lowest BCUT2D eigenvalue weighted by atomic mass is 9.84. The zero-order valence-electron chi connectivity index (χ0n) is 20.2. The minimum atomic E-state index is -1.12. The first-order valence-corrected chi connectivity index (χ1v) is 12.4. The predicted octanol–water partition coefficient (Wildman–Crippen LogP) is 5.10. The van der Waals surface area contributed by atoms with E-state index >= 15 is 0 Å². The van der Waals surface area contributed by atoms with Gasteiger partial charge in [-0.15, -0.1) is 0 Å². The fraction of sp³-hybridized carbons (Fsp3) is 0.360. The van der Waals surface area contributed by atoms with Crippen LogP contribution in [0.2, 0.25) is 0 Å². The van der Waals surface area contributed by atoms with Crippen molar-refractivity contribution in [1.82, 2.24) is 15.8 Å². The van der Waals surface area contributed by atoms with Gasteiger partial charge in [-0.2, -0.15) is 0 Å². The number of ether oxygens (including phenoxy) is 1. The van der Waals surface area contributed by atoms with Crippen LogP contribution in [0.1, 0.15) is 37.5 Å². The Bertz CT molecular complexity index is 1400. The number of amides is 1. The molecular weight excluding hydrogens is 530 g/mol. The van der Waals surface area contributed by atoms with Crippen molar-refractivity contribution in [3.05, 3.63) is 57.6 Å². The second-order valence-electron chi connectivity index (χ2n) is 9.43. The lowest BCUT2D eigenvalue weighted by Gasteiger charge is -2.41. The molecule has 11 heteroatoms. The normalized spacial score (nSPS) is 19.3. The van der Waals surface area contributed by atoms with E-state index in [4.69, 9.17) is 9.15 Å². The molecule has 36 heavy (non-hydrogen) atoms. The van der Waals surface area contributed by atoms with Gasteiger partial charge in [0.2, 0.25) is 0 Å². The van der Waals surface area contributed by atoms with E-state index in [-0.39, 0.29) is 12.5 Å². The number of aliphatic carboxylic acids is 1. The molecule has 2 aliphatic rings.